The van der Waals surface area contributed by atoms with Crippen molar-refractivity contribution < 1.29 is 9.21 Å². The minimum Gasteiger partial charge on any atom is -0.448 e. The van der Waals surface area contributed by atoms with Gasteiger partial charge in [0.25, 0.3) is 5.91 Å². The van der Waals surface area contributed by atoms with Crippen LogP contribution in [0.3, 0.4) is 0 Å². The van der Waals surface area contributed by atoms with E-state index in [1.165, 1.54) is 6.39 Å². The summed E-state index contributed by atoms with van der Waals surface area (Å²) >= 11 is 0. The number of nitrogens with zero attached hydrogens (tertiary/aromatic N) is 4. The molecule has 0 atom stereocenters. The third-order valence-electron chi connectivity index (χ3n) is 3.01. The predicted octanol–water partition coefficient (Wildman–Crippen LogP) is 1.38. The van der Waals surface area contributed by atoms with Crippen LogP contribution in [0.25, 0.3) is 0 Å². The summed E-state index contributed by atoms with van der Waals surface area (Å²) in [5.41, 5.74) is 0.359. The summed E-state index contributed by atoms with van der Waals surface area (Å²) in [6.45, 7) is 6.53. The molecule has 0 bridgehead atoms. The molecule has 0 saturated carbocycles. The fourth-order valence-electron chi connectivity index (χ4n) is 1.95. The molecule has 2 rings (SSSR count). The van der Waals surface area contributed by atoms with Gasteiger partial charge >= 0.3 is 0 Å². The Kier molecular flexibility index (Phi) is 4.49. The van der Waals surface area contributed by atoms with E-state index in [4.69, 9.17) is 4.42 Å². The molecule has 0 fully saturated rings. The van der Waals surface area contributed by atoms with Gasteiger partial charge in [-0.1, -0.05) is 6.92 Å². The first-order chi connectivity index (χ1) is 9.63. The van der Waals surface area contributed by atoms with Crippen LogP contribution in [-0.2, 0) is 12.8 Å². The summed E-state index contributed by atoms with van der Waals surface area (Å²) in [5.74, 6) is 1.25. The van der Waals surface area contributed by atoms with Gasteiger partial charge in [0.05, 0.1) is 0 Å². The van der Waals surface area contributed by atoms with Crippen molar-refractivity contribution in [1.82, 2.24) is 25.1 Å². The van der Waals surface area contributed by atoms with Crippen LogP contribution in [0.15, 0.2) is 17.1 Å². The van der Waals surface area contributed by atoms with Crippen LogP contribution in [0.5, 0.6) is 0 Å². The van der Waals surface area contributed by atoms with Crippen molar-refractivity contribution in [2.75, 3.05) is 6.54 Å². The van der Waals surface area contributed by atoms with Gasteiger partial charge in [-0.25, -0.2) is 4.98 Å². The molecule has 0 aliphatic carbocycles. The van der Waals surface area contributed by atoms with Gasteiger partial charge in [-0.2, -0.15) is 0 Å². The molecule has 108 valence electrons. The lowest BCUT2D eigenvalue weighted by Gasteiger charge is -2.10. The van der Waals surface area contributed by atoms with E-state index in [1.54, 1.807) is 6.33 Å². The van der Waals surface area contributed by atoms with E-state index in [0.717, 1.165) is 5.82 Å². The zero-order chi connectivity index (χ0) is 14.5. The Morgan fingerprint density at radius 1 is 1.50 bits per heavy atom. The first-order valence-electron chi connectivity index (χ1n) is 6.72. The maximum Gasteiger partial charge on any atom is 0.273 e. The van der Waals surface area contributed by atoms with E-state index in [1.807, 2.05) is 11.5 Å². The van der Waals surface area contributed by atoms with Crippen molar-refractivity contribution in [2.45, 2.75) is 39.7 Å². The largest absolute Gasteiger partial charge is 0.448 e. The van der Waals surface area contributed by atoms with E-state index in [9.17, 15) is 4.79 Å². The summed E-state index contributed by atoms with van der Waals surface area (Å²) in [4.78, 5) is 15.9. The van der Waals surface area contributed by atoms with E-state index < -0.39 is 0 Å². The van der Waals surface area contributed by atoms with Crippen LogP contribution < -0.4 is 5.32 Å². The Bertz CT molecular complexity index is 573. The molecule has 0 aromatic carbocycles. The molecule has 2 aromatic heterocycles. The summed E-state index contributed by atoms with van der Waals surface area (Å²) in [7, 11) is 0. The van der Waals surface area contributed by atoms with Crippen molar-refractivity contribution in [1.29, 1.82) is 0 Å². The zero-order valence-electron chi connectivity index (χ0n) is 12.0. The fourth-order valence-corrected chi connectivity index (χ4v) is 1.95. The Morgan fingerprint density at radius 3 is 3.00 bits per heavy atom. The van der Waals surface area contributed by atoms with Gasteiger partial charge in [0.1, 0.15) is 17.9 Å². The third-order valence-corrected chi connectivity index (χ3v) is 3.01. The van der Waals surface area contributed by atoms with E-state index in [0.29, 0.717) is 36.9 Å². The molecule has 0 aliphatic heterocycles. The highest BCUT2D eigenvalue weighted by atomic mass is 16.3. The minimum atomic E-state index is -0.216. The predicted molar refractivity (Wildman–Crippen MR) is 72.3 cm³/mol. The van der Waals surface area contributed by atoms with Crippen LogP contribution in [0.2, 0.25) is 0 Å². The van der Waals surface area contributed by atoms with Crippen molar-refractivity contribution in [2.24, 2.45) is 0 Å². The average molecular weight is 277 g/mol. The molecule has 2 aromatic rings. The van der Waals surface area contributed by atoms with Gasteiger partial charge in [0.15, 0.2) is 12.1 Å². The molecular weight excluding hydrogens is 258 g/mol. The van der Waals surface area contributed by atoms with Gasteiger partial charge in [-0.15, -0.1) is 10.2 Å². The van der Waals surface area contributed by atoms with Crippen molar-refractivity contribution in [3.8, 4) is 0 Å². The lowest BCUT2D eigenvalue weighted by molar-refractivity contribution is 0.0947. The van der Waals surface area contributed by atoms with Crippen molar-refractivity contribution in [3.63, 3.8) is 0 Å². The third kappa shape index (κ3) is 3.04. The van der Waals surface area contributed by atoms with Crippen molar-refractivity contribution in [3.05, 3.63) is 30.0 Å². The second-order valence-corrected chi connectivity index (χ2v) is 4.73. The molecule has 0 unspecified atom stereocenters. The molecule has 2 heterocycles. The molecule has 20 heavy (non-hydrogen) atoms. The van der Waals surface area contributed by atoms with E-state index in [2.05, 4.69) is 34.3 Å². The number of aryl methyl sites for hydroxylation is 1. The second kappa shape index (κ2) is 6.31. The Morgan fingerprint density at radius 2 is 2.30 bits per heavy atom. The molecule has 0 aliphatic rings. The molecule has 7 nitrogen and oxygen atoms in total. The summed E-state index contributed by atoms with van der Waals surface area (Å²) in [5, 5.41) is 10.8. The smallest absolute Gasteiger partial charge is 0.273 e. The maximum atomic E-state index is 12.0. The van der Waals surface area contributed by atoms with Gasteiger partial charge < -0.3 is 14.3 Å². The number of nitrogens with one attached hydrogen (secondary N) is 1. The molecule has 0 radical (unpaired) electrons. The van der Waals surface area contributed by atoms with Crippen LogP contribution in [0, 0.1) is 0 Å². The van der Waals surface area contributed by atoms with Gasteiger partial charge in [-0.3, -0.25) is 4.79 Å². The molecule has 0 saturated heterocycles. The quantitative estimate of drug-likeness (QED) is 0.862. The van der Waals surface area contributed by atoms with E-state index in [-0.39, 0.29) is 5.91 Å². The number of carbonyl (C=O) groups excluding carboxylic acids is 1. The number of amides is 1. The lowest BCUT2D eigenvalue weighted by Crippen LogP contribution is -2.27. The Hall–Kier alpha value is -2.18. The monoisotopic (exact) mass is 277 g/mol. The highest BCUT2D eigenvalue weighted by Gasteiger charge is 2.15. The number of aromatic nitrogens is 4. The highest BCUT2D eigenvalue weighted by molar-refractivity contribution is 5.93. The standard InChI is InChI=1S/C13H19N5O2/c1-4-10-12(15-8-20-10)13(19)14-6-5-11-17-16-7-18(11)9(2)3/h7-9H,4-6H2,1-3H3,(H,14,19). The SMILES string of the molecule is CCc1ocnc1C(=O)NCCc1nncn1C(C)C. The second-order valence-electron chi connectivity index (χ2n) is 4.73. The van der Waals surface area contributed by atoms with Crippen LogP contribution in [0.1, 0.15) is 48.9 Å². The van der Waals surface area contributed by atoms with Gasteiger partial charge in [-0.05, 0) is 13.8 Å². The minimum absolute atomic E-state index is 0.216. The molecular formula is C13H19N5O2. The number of carbonyl (C=O) groups is 1. The normalized spacial score (nSPS) is 11.0. The molecule has 1 amide bonds. The fraction of sp³-hybridized carbons (Fsp3) is 0.538. The van der Waals surface area contributed by atoms with Gasteiger partial charge in [0, 0.05) is 25.4 Å². The zero-order valence-corrected chi connectivity index (χ0v) is 12.0. The number of hydrogen-bond acceptors (Lipinski definition) is 5. The summed E-state index contributed by atoms with van der Waals surface area (Å²) < 4.78 is 7.13. The number of hydrogen-bond donors (Lipinski definition) is 1. The molecule has 1 N–H and O–H groups in total. The maximum absolute atomic E-state index is 12.0. The lowest BCUT2D eigenvalue weighted by atomic mass is 10.2. The van der Waals surface area contributed by atoms with Crippen LogP contribution in [0.4, 0.5) is 0 Å². The average Bonchev–Trinajstić information content (AvgIpc) is 3.06. The first-order valence-corrected chi connectivity index (χ1v) is 6.72. The topological polar surface area (TPSA) is 85.8 Å². The molecule has 7 heteroatoms. The number of oxazole rings is 1. The van der Waals surface area contributed by atoms with Crippen molar-refractivity contribution >= 4 is 5.91 Å². The molecule has 0 spiro atoms. The Balaban J connectivity index is 1.90. The highest BCUT2D eigenvalue weighted by Crippen LogP contribution is 2.08. The van der Waals surface area contributed by atoms with Crippen LogP contribution >= 0.6 is 0 Å². The summed E-state index contributed by atoms with van der Waals surface area (Å²) in [6.07, 6.45) is 4.27. The number of rotatable bonds is 6. The summed E-state index contributed by atoms with van der Waals surface area (Å²) in [6, 6.07) is 0.304. The first kappa shape index (κ1) is 14.2. The Labute approximate surface area is 117 Å². The van der Waals surface area contributed by atoms with Crippen LogP contribution in [-0.4, -0.2) is 32.2 Å². The van der Waals surface area contributed by atoms with E-state index >= 15 is 0 Å². The van der Waals surface area contributed by atoms with Gasteiger partial charge in [0.2, 0.25) is 0 Å².